The van der Waals surface area contributed by atoms with Crippen LogP contribution in [0.2, 0.25) is 5.28 Å². The van der Waals surface area contributed by atoms with E-state index in [1.54, 1.807) is 24.3 Å². The fourth-order valence-electron chi connectivity index (χ4n) is 5.13. The molecule has 222 valence electrons. The van der Waals surface area contributed by atoms with Crippen molar-refractivity contribution in [1.29, 1.82) is 0 Å². The summed E-state index contributed by atoms with van der Waals surface area (Å²) in [5.41, 5.74) is -0.853. The minimum absolute atomic E-state index is 0.0627. The van der Waals surface area contributed by atoms with Gasteiger partial charge in [0, 0.05) is 13.0 Å². The lowest BCUT2D eigenvalue weighted by molar-refractivity contribution is -0.191. The van der Waals surface area contributed by atoms with Gasteiger partial charge < -0.3 is 34.8 Å². The zero-order chi connectivity index (χ0) is 30.4. The maximum absolute atomic E-state index is 11.8. The predicted molar refractivity (Wildman–Crippen MR) is 144 cm³/mol. The number of hydrogen-bond acceptors (Lipinski definition) is 12. The first kappa shape index (κ1) is 31.0. The zero-order valence-electron chi connectivity index (χ0n) is 22.1. The lowest BCUT2D eigenvalue weighted by atomic mass is 9.93. The van der Waals surface area contributed by atoms with Crippen LogP contribution in [0.1, 0.15) is 24.6 Å². The quantitative estimate of drug-likeness (QED) is 0.192. The van der Waals surface area contributed by atoms with Crippen molar-refractivity contribution < 1.29 is 44.3 Å². The normalized spacial score (nSPS) is 25.8. The lowest BCUT2D eigenvalue weighted by Crippen LogP contribution is -2.48. The van der Waals surface area contributed by atoms with Gasteiger partial charge in [-0.2, -0.15) is 19.6 Å². The van der Waals surface area contributed by atoms with Gasteiger partial charge in [0.1, 0.15) is 12.2 Å². The second-order valence-corrected chi connectivity index (χ2v) is 10.0. The maximum atomic E-state index is 11.8. The number of carbonyl (C=O) groups excluding carboxylic acids is 2. The summed E-state index contributed by atoms with van der Waals surface area (Å²) in [7, 11) is 0. The van der Waals surface area contributed by atoms with Crippen LogP contribution >= 0.6 is 11.6 Å². The van der Waals surface area contributed by atoms with Gasteiger partial charge in [0.05, 0.1) is 25.6 Å². The number of halogens is 1. The van der Waals surface area contributed by atoms with Crippen LogP contribution in [-0.4, -0.2) is 102 Å². The van der Waals surface area contributed by atoms with Gasteiger partial charge in [-0.25, -0.2) is 9.78 Å². The Labute approximate surface area is 244 Å². The second kappa shape index (κ2) is 13.4. The number of fused-ring (bicyclic) bond motifs is 1. The number of rotatable bonds is 9. The molecule has 2 saturated heterocycles. The predicted octanol–water partition coefficient (Wildman–Crippen LogP) is 0.192. The molecule has 0 bridgehead atoms. The molecule has 3 aromatic rings. The van der Waals surface area contributed by atoms with Crippen molar-refractivity contribution in [2.45, 2.75) is 55.4 Å². The van der Waals surface area contributed by atoms with E-state index in [0.29, 0.717) is 17.9 Å². The number of aromatic nitrogens is 4. The Hall–Kier alpha value is -3.93. The molecular weight excluding hydrogens is 574 g/mol. The highest BCUT2D eigenvalue weighted by Crippen LogP contribution is 2.40. The van der Waals surface area contributed by atoms with Crippen LogP contribution in [0.3, 0.4) is 0 Å². The summed E-state index contributed by atoms with van der Waals surface area (Å²) in [5.74, 6) is 1.43. The molecule has 0 spiro atoms. The Kier molecular flexibility index (Phi) is 9.87. The van der Waals surface area contributed by atoms with Gasteiger partial charge >= 0.3 is 12.1 Å². The number of imidazole rings is 1. The molecule has 14 nitrogen and oxygen atoms in total. The van der Waals surface area contributed by atoms with Gasteiger partial charge in [0.2, 0.25) is 5.28 Å². The fourth-order valence-corrected chi connectivity index (χ4v) is 5.29. The van der Waals surface area contributed by atoms with E-state index in [-0.39, 0.29) is 36.2 Å². The van der Waals surface area contributed by atoms with Crippen LogP contribution in [0.4, 0.5) is 5.82 Å². The van der Waals surface area contributed by atoms with Crippen LogP contribution in [0, 0.1) is 12.3 Å². The Balaban J connectivity index is 0.00000129. The molecule has 1 aromatic carbocycles. The van der Waals surface area contributed by atoms with Gasteiger partial charge in [0.15, 0.2) is 34.9 Å². The van der Waals surface area contributed by atoms with Crippen molar-refractivity contribution in [3.8, 4) is 12.3 Å². The topological polar surface area (TPSA) is 197 Å². The molecule has 42 heavy (non-hydrogen) atoms. The Morgan fingerprint density at radius 1 is 1.29 bits per heavy atom. The highest BCUT2D eigenvalue weighted by Gasteiger charge is 2.56. The highest BCUT2D eigenvalue weighted by molar-refractivity contribution is 6.28. The van der Waals surface area contributed by atoms with E-state index in [9.17, 15) is 25.2 Å². The van der Waals surface area contributed by atoms with Crippen LogP contribution in [0.15, 0.2) is 36.7 Å². The lowest BCUT2D eigenvalue weighted by Gasteiger charge is -2.26. The standard InChI is InChI=1S/C26H28ClN5O7.CO2/c1-2-26(37)18(13-38-17(24(35)36)11-15-7-4-3-5-8-15)39-23(20(26)34)32-14-28-19-21(29-25(27)30-22(19)32)31-10-6-9-16(31)12-33;2-1-3/h1,3-5,7-8,14,16-18,20,23,33-34,37H,6,9-13H2,(H,35,36);/t16-,17?,18+,20-,23+,26+;/m0./s1. The average molecular weight is 602 g/mol. The van der Waals surface area contributed by atoms with E-state index in [0.717, 1.165) is 18.4 Å². The van der Waals surface area contributed by atoms with Crippen LogP contribution in [-0.2, 0) is 30.3 Å². The van der Waals surface area contributed by atoms with E-state index in [1.165, 1.54) is 10.9 Å². The summed E-state index contributed by atoms with van der Waals surface area (Å²) in [6, 6.07) is 8.80. The smallest absolute Gasteiger partial charge is 0.373 e. The SMILES string of the molecule is C#C[C@@]1(O)[C@@H](COC(Cc2ccccc2)C(=O)O)O[C@@H](n2cnc3c(N4CCC[C@H]4CO)nc(Cl)nc32)[C@@H]1O.O=C=O. The molecule has 0 aliphatic carbocycles. The molecule has 4 N–H and O–H groups in total. The molecule has 0 amide bonds. The molecule has 2 aliphatic heterocycles. The van der Waals surface area contributed by atoms with Crippen molar-refractivity contribution in [2.24, 2.45) is 0 Å². The largest absolute Gasteiger partial charge is 0.479 e. The fraction of sp³-hybridized carbons (Fsp3) is 0.444. The molecule has 0 saturated carbocycles. The summed E-state index contributed by atoms with van der Waals surface area (Å²) >= 11 is 6.24. The van der Waals surface area contributed by atoms with Crippen LogP contribution in [0.5, 0.6) is 0 Å². The number of aliphatic hydroxyl groups is 3. The molecule has 0 radical (unpaired) electrons. The molecule has 2 fully saturated rings. The summed E-state index contributed by atoms with van der Waals surface area (Å²) < 4.78 is 13.0. The number of ether oxygens (including phenoxy) is 2. The minimum Gasteiger partial charge on any atom is -0.479 e. The number of carboxylic acids is 1. The number of aliphatic carboxylic acids is 1. The van der Waals surface area contributed by atoms with Crippen molar-refractivity contribution in [2.75, 3.05) is 24.7 Å². The van der Waals surface area contributed by atoms with E-state index in [1.807, 2.05) is 11.0 Å². The van der Waals surface area contributed by atoms with Crippen LogP contribution in [0.25, 0.3) is 11.2 Å². The van der Waals surface area contributed by atoms with Crippen molar-refractivity contribution >= 4 is 40.7 Å². The van der Waals surface area contributed by atoms with Crippen molar-refractivity contribution in [1.82, 2.24) is 19.5 Å². The molecule has 2 aliphatic rings. The van der Waals surface area contributed by atoms with Gasteiger partial charge in [-0.05, 0) is 30.0 Å². The first-order chi connectivity index (χ1) is 20.2. The van der Waals surface area contributed by atoms with E-state index in [4.69, 9.17) is 37.1 Å². The Morgan fingerprint density at radius 2 is 2.00 bits per heavy atom. The summed E-state index contributed by atoms with van der Waals surface area (Å²) in [5, 5.41) is 41.7. The number of aliphatic hydroxyl groups excluding tert-OH is 2. The third kappa shape index (κ3) is 6.13. The Morgan fingerprint density at radius 3 is 2.64 bits per heavy atom. The molecule has 1 unspecified atom stereocenters. The van der Waals surface area contributed by atoms with Gasteiger partial charge in [0.25, 0.3) is 0 Å². The summed E-state index contributed by atoms with van der Waals surface area (Å²) in [4.78, 5) is 43.0. The van der Waals surface area contributed by atoms with Crippen molar-refractivity contribution in [3.05, 3.63) is 47.5 Å². The van der Waals surface area contributed by atoms with Crippen molar-refractivity contribution in [3.63, 3.8) is 0 Å². The number of terminal acetylenes is 1. The number of benzene rings is 1. The number of hydrogen-bond donors (Lipinski definition) is 4. The number of anilines is 1. The maximum Gasteiger partial charge on any atom is 0.373 e. The van der Waals surface area contributed by atoms with Crippen LogP contribution < -0.4 is 4.90 Å². The average Bonchev–Trinajstić information content (AvgIpc) is 3.69. The van der Waals surface area contributed by atoms with Gasteiger partial charge in [-0.15, -0.1) is 6.42 Å². The van der Waals surface area contributed by atoms with Gasteiger partial charge in [-0.1, -0.05) is 36.3 Å². The van der Waals surface area contributed by atoms with E-state index < -0.39 is 42.7 Å². The Bertz CT molecular complexity index is 1480. The zero-order valence-corrected chi connectivity index (χ0v) is 22.9. The number of carboxylic acid groups (broad SMARTS) is 1. The highest BCUT2D eigenvalue weighted by atomic mass is 35.5. The third-order valence-corrected chi connectivity index (χ3v) is 7.41. The molecule has 5 rings (SSSR count). The first-order valence-electron chi connectivity index (χ1n) is 12.9. The second-order valence-electron chi connectivity index (χ2n) is 9.68. The molecule has 4 heterocycles. The summed E-state index contributed by atoms with van der Waals surface area (Å²) in [6.07, 6.45) is 3.56. The summed E-state index contributed by atoms with van der Waals surface area (Å²) in [6.45, 7) is 0.178. The van der Waals surface area contributed by atoms with E-state index in [2.05, 4.69) is 20.9 Å². The molecule has 6 atom stereocenters. The van der Waals surface area contributed by atoms with E-state index >= 15 is 0 Å². The number of carbonyl (C=O) groups is 1. The first-order valence-corrected chi connectivity index (χ1v) is 13.2. The monoisotopic (exact) mass is 601 g/mol. The number of nitrogens with zero attached hydrogens (tertiary/aromatic N) is 5. The molecule has 15 heteroatoms. The molecular formula is C27H28ClN5O9. The minimum atomic E-state index is -2.20. The third-order valence-electron chi connectivity index (χ3n) is 7.24. The van der Waals surface area contributed by atoms with Gasteiger partial charge in [-0.3, -0.25) is 4.57 Å². The molecule has 2 aromatic heterocycles.